The van der Waals surface area contributed by atoms with Crippen LogP contribution in [-0.4, -0.2) is 17.0 Å². The number of rotatable bonds is 3. The molecule has 1 atom stereocenters. The molecular formula is C15H15N3O. The maximum absolute atomic E-state index is 5.99. The monoisotopic (exact) mass is 253 g/mol. The van der Waals surface area contributed by atoms with Crippen LogP contribution in [0.2, 0.25) is 0 Å². The minimum atomic E-state index is -0.0343. The number of nitrogens with one attached hydrogen (secondary N) is 1. The van der Waals surface area contributed by atoms with E-state index in [2.05, 4.69) is 40.4 Å². The summed E-state index contributed by atoms with van der Waals surface area (Å²) in [6.07, 6.45) is 5.13. The van der Waals surface area contributed by atoms with E-state index in [1.54, 1.807) is 12.4 Å². The molecule has 2 heterocycles. The molecule has 19 heavy (non-hydrogen) atoms. The van der Waals surface area contributed by atoms with Crippen molar-refractivity contribution in [3.63, 3.8) is 0 Å². The third-order valence-corrected chi connectivity index (χ3v) is 3.25. The van der Waals surface area contributed by atoms with Crippen LogP contribution in [0.5, 0.6) is 0 Å². The molecule has 0 saturated carbocycles. The molecule has 0 radical (unpaired) electrons. The van der Waals surface area contributed by atoms with E-state index in [1.165, 1.54) is 6.33 Å². The molecule has 96 valence electrons. The summed E-state index contributed by atoms with van der Waals surface area (Å²) >= 11 is 0. The third-order valence-electron chi connectivity index (χ3n) is 3.25. The van der Waals surface area contributed by atoms with E-state index < -0.39 is 0 Å². The van der Waals surface area contributed by atoms with Gasteiger partial charge in [-0.2, -0.15) is 0 Å². The van der Waals surface area contributed by atoms with E-state index >= 15 is 0 Å². The van der Waals surface area contributed by atoms with Crippen LogP contribution in [0, 0.1) is 6.92 Å². The molecule has 3 rings (SSSR count). The predicted molar refractivity (Wildman–Crippen MR) is 73.9 cm³/mol. The van der Waals surface area contributed by atoms with Gasteiger partial charge in [0, 0.05) is 23.3 Å². The first-order valence-electron chi connectivity index (χ1n) is 6.21. The van der Waals surface area contributed by atoms with Crippen LogP contribution in [0.4, 0.5) is 0 Å². The number of aromatic nitrogens is 2. The van der Waals surface area contributed by atoms with Gasteiger partial charge in [-0.1, -0.05) is 18.2 Å². The molecule has 1 N–H and O–H groups in total. The van der Waals surface area contributed by atoms with Crippen LogP contribution in [-0.2, 0) is 0 Å². The van der Waals surface area contributed by atoms with Crippen molar-refractivity contribution >= 4 is 11.0 Å². The summed E-state index contributed by atoms with van der Waals surface area (Å²) in [6, 6.07) is 8.18. The number of hydrogen-bond acceptors (Lipinski definition) is 4. The van der Waals surface area contributed by atoms with Gasteiger partial charge in [-0.3, -0.25) is 0 Å². The van der Waals surface area contributed by atoms with Crippen molar-refractivity contribution in [2.45, 2.75) is 13.0 Å². The van der Waals surface area contributed by atoms with Gasteiger partial charge >= 0.3 is 0 Å². The Bertz CT molecular complexity index is 691. The van der Waals surface area contributed by atoms with E-state index in [9.17, 15) is 0 Å². The number of furan rings is 1. The van der Waals surface area contributed by atoms with Crippen LogP contribution >= 0.6 is 0 Å². The van der Waals surface area contributed by atoms with Gasteiger partial charge < -0.3 is 9.73 Å². The summed E-state index contributed by atoms with van der Waals surface area (Å²) in [4.78, 5) is 8.12. The second kappa shape index (κ2) is 4.82. The van der Waals surface area contributed by atoms with Crippen molar-refractivity contribution in [3.8, 4) is 0 Å². The first kappa shape index (κ1) is 11.9. The van der Waals surface area contributed by atoms with Crippen LogP contribution in [0.1, 0.15) is 22.9 Å². The molecule has 0 bridgehead atoms. The number of nitrogens with zero attached hydrogens (tertiary/aromatic N) is 2. The lowest BCUT2D eigenvalue weighted by atomic mass is 10.1. The Balaban J connectivity index is 2.09. The quantitative estimate of drug-likeness (QED) is 0.779. The molecule has 4 heteroatoms. The number of fused-ring (bicyclic) bond motifs is 1. The van der Waals surface area contributed by atoms with Gasteiger partial charge in [-0.05, 0) is 25.6 Å². The molecule has 0 spiro atoms. The molecule has 0 fully saturated rings. The predicted octanol–water partition coefficient (Wildman–Crippen LogP) is 2.84. The second-order valence-corrected chi connectivity index (χ2v) is 4.54. The van der Waals surface area contributed by atoms with Gasteiger partial charge in [0.25, 0.3) is 0 Å². The number of hydrogen-bond donors (Lipinski definition) is 1. The van der Waals surface area contributed by atoms with E-state index in [1.807, 2.05) is 13.1 Å². The maximum atomic E-state index is 5.99. The summed E-state index contributed by atoms with van der Waals surface area (Å²) in [5, 5.41) is 4.36. The van der Waals surface area contributed by atoms with Crippen molar-refractivity contribution in [1.29, 1.82) is 0 Å². The smallest absolute Gasteiger partial charge is 0.137 e. The zero-order chi connectivity index (χ0) is 13.2. The molecule has 4 nitrogen and oxygen atoms in total. The minimum absolute atomic E-state index is 0.0343. The first-order chi connectivity index (χ1) is 9.29. The molecule has 0 aliphatic rings. The second-order valence-electron chi connectivity index (χ2n) is 4.54. The molecule has 0 aliphatic heterocycles. The highest BCUT2D eigenvalue weighted by Gasteiger charge is 2.17. The standard InChI is InChI=1S/C15H15N3O/c1-10-4-3-5-11-6-13(19-15(10)11)14(16-2)12-7-17-9-18-8-12/h3-9,14,16H,1-2H3. The topological polar surface area (TPSA) is 51.0 Å². The SMILES string of the molecule is CNC(c1cncnc1)c1cc2cccc(C)c2o1. The number of aryl methyl sites for hydroxylation is 1. The fourth-order valence-corrected chi connectivity index (χ4v) is 2.30. The van der Waals surface area contributed by atoms with Crippen molar-refractivity contribution in [2.24, 2.45) is 0 Å². The largest absolute Gasteiger partial charge is 0.459 e. The highest BCUT2D eigenvalue weighted by Crippen LogP contribution is 2.29. The highest BCUT2D eigenvalue weighted by molar-refractivity contribution is 5.81. The summed E-state index contributed by atoms with van der Waals surface area (Å²) in [5.74, 6) is 0.876. The molecule has 1 aromatic carbocycles. The Labute approximate surface area is 111 Å². The zero-order valence-electron chi connectivity index (χ0n) is 10.9. The van der Waals surface area contributed by atoms with Crippen LogP contribution < -0.4 is 5.32 Å². The van der Waals surface area contributed by atoms with Crippen molar-refractivity contribution in [1.82, 2.24) is 15.3 Å². The molecule has 2 aromatic heterocycles. The lowest BCUT2D eigenvalue weighted by molar-refractivity contribution is 0.489. The maximum Gasteiger partial charge on any atom is 0.137 e. The molecule has 0 aliphatic carbocycles. The summed E-state index contributed by atoms with van der Waals surface area (Å²) < 4.78 is 5.99. The van der Waals surface area contributed by atoms with Gasteiger partial charge in [0.2, 0.25) is 0 Å². The summed E-state index contributed by atoms with van der Waals surface area (Å²) in [7, 11) is 1.90. The average Bonchev–Trinajstić information content (AvgIpc) is 2.86. The minimum Gasteiger partial charge on any atom is -0.459 e. The summed E-state index contributed by atoms with van der Waals surface area (Å²) in [5.41, 5.74) is 3.07. The normalized spacial score (nSPS) is 12.7. The molecule has 0 amide bonds. The first-order valence-corrected chi connectivity index (χ1v) is 6.21. The van der Waals surface area contributed by atoms with Gasteiger partial charge in [-0.25, -0.2) is 9.97 Å². The lowest BCUT2D eigenvalue weighted by Crippen LogP contribution is -2.17. The molecular weight excluding hydrogens is 238 g/mol. The van der Waals surface area contributed by atoms with Crippen molar-refractivity contribution in [3.05, 3.63) is 59.9 Å². The molecule has 3 aromatic rings. The van der Waals surface area contributed by atoms with Crippen molar-refractivity contribution < 1.29 is 4.42 Å². The summed E-state index contributed by atoms with van der Waals surface area (Å²) in [6.45, 7) is 2.05. The van der Waals surface area contributed by atoms with Crippen LogP contribution in [0.25, 0.3) is 11.0 Å². The average molecular weight is 253 g/mol. The van der Waals surface area contributed by atoms with E-state index in [0.717, 1.165) is 27.9 Å². The van der Waals surface area contributed by atoms with E-state index in [4.69, 9.17) is 4.42 Å². The number of para-hydroxylation sites is 1. The van der Waals surface area contributed by atoms with Gasteiger partial charge in [0.15, 0.2) is 0 Å². The van der Waals surface area contributed by atoms with E-state index in [0.29, 0.717) is 0 Å². The third kappa shape index (κ3) is 2.11. The Morgan fingerprint density at radius 2 is 2.00 bits per heavy atom. The Hall–Kier alpha value is -2.20. The Morgan fingerprint density at radius 3 is 2.68 bits per heavy atom. The fourth-order valence-electron chi connectivity index (χ4n) is 2.30. The lowest BCUT2D eigenvalue weighted by Gasteiger charge is -2.12. The molecule has 1 unspecified atom stereocenters. The number of benzene rings is 1. The van der Waals surface area contributed by atoms with Crippen LogP contribution in [0.15, 0.2) is 47.4 Å². The zero-order valence-corrected chi connectivity index (χ0v) is 10.9. The van der Waals surface area contributed by atoms with Gasteiger partial charge in [-0.15, -0.1) is 0 Å². The fraction of sp³-hybridized carbons (Fsp3) is 0.200. The van der Waals surface area contributed by atoms with E-state index in [-0.39, 0.29) is 6.04 Å². The Kier molecular flexibility index (Phi) is 3.01. The van der Waals surface area contributed by atoms with Gasteiger partial charge in [0.05, 0.1) is 6.04 Å². The molecule has 0 saturated heterocycles. The van der Waals surface area contributed by atoms with Gasteiger partial charge in [0.1, 0.15) is 17.7 Å². The Morgan fingerprint density at radius 1 is 1.21 bits per heavy atom. The van der Waals surface area contributed by atoms with Crippen LogP contribution in [0.3, 0.4) is 0 Å². The highest BCUT2D eigenvalue weighted by atomic mass is 16.3. The van der Waals surface area contributed by atoms with Crippen molar-refractivity contribution in [2.75, 3.05) is 7.05 Å².